The molecule has 0 saturated heterocycles. The Morgan fingerprint density at radius 3 is 2.51 bits per heavy atom. The number of amides is 1. The van der Waals surface area contributed by atoms with Gasteiger partial charge in [0.2, 0.25) is 0 Å². The van der Waals surface area contributed by atoms with E-state index < -0.39 is 0 Å². The number of aromatic nitrogens is 3. The molecular formula is C26H26ClN5O2S. The fourth-order valence-electron chi connectivity index (χ4n) is 3.50. The van der Waals surface area contributed by atoms with Crippen molar-refractivity contribution in [1.29, 1.82) is 0 Å². The Bertz CT molecular complexity index is 1350. The smallest absolute Gasteiger partial charge is 0.264 e. The van der Waals surface area contributed by atoms with Gasteiger partial charge in [-0.05, 0) is 73.4 Å². The van der Waals surface area contributed by atoms with Crippen molar-refractivity contribution in [1.82, 2.24) is 20.3 Å². The summed E-state index contributed by atoms with van der Waals surface area (Å²) in [5.74, 6) is 0.269. The number of benzene rings is 3. The average molecular weight is 508 g/mol. The second-order valence-corrected chi connectivity index (χ2v) is 8.95. The molecule has 0 radical (unpaired) electrons. The number of para-hydroxylation sites is 1. The molecule has 0 atom stereocenters. The maximum atomic E-state index is 12.2. The van der Waals surface area contributed by atoms with E-state index in [1.807, 2.05) is 43.3 Å². The highest BCUT2D eigenvalue weighted by Crippen LogP contribution is 2.27. The minimum absolute atomic E-state index is 0.111. The molecule has 0 saturated carbocycles. The van der Waals surface area contributed by atoms with Gasteiger partial charge in [-0.1, -0.05) is 55.3 Å². The lowest BCUT2D eigenvalue weighted by Gasteiger charge is -2.12. The van der Waals surface area contributed by atoms with Crippen LogP contribution in [0.2, 0.25) is 5.02 Å². The van der Waals surface area contributed by atoms with E-state index in [1.165, 1.54) is 18.4 Å². The summed E-state index contributed by atoms with van der Waals surface area (Å²) in [6.45, 7) is 3.94. The Morgan fingerprint density at radius 1 is 1.09 bits per heavy atom. The van der Waals surface area contributed by atoms with Crippen molar-refractivity contribution in [3.8, 4) is 11.4 Å². The van der Waals surface area contributed by atoms with E-state index >= 15 is 0 Å². The first-order valence-electron chi connectivity index (χ1n) is 11.4. The number of unbranched alkanes of at least 4 members (excludes halogenated alkanes) is 1. The van der Waals surface area contributed by atoms with Gasteiger partial charge in [0.25, 0.3) is 5.91 Å². The van der Waals surface area contributed by atoms with E-state index in [4.69, 9.17) is 28.6 Å². The first-order valence-corrected chi connectivity index (χ1v) is 12.2. The first kappa shape index (κ1) is 24.6. The van der Waals surface area contributed by atoms with Crippen LogP contribution in [0.3, 0.4) is 0 Å². The molecule has 35 heavy (non-hydrogen) atoms. The summed E-state index contributed by atoms with van der Waals surface area (Å²) < 4.78 is 5.56. The highest BCUT2D eigenvalue weighted by atomic mass is 35.5. The third-order valence-corrected chi connectivity index (χ3v) is 5.93. The van der Waals surface area contributed by atoms with Crippen LogP contribution in [-0.4, -0.2) is 32.6 Å². The lowest BCUT2D eigenvalue weighted by atomic mass is 10.1. The van der Waals surface area contributed by atoms with Crippen molar-refractivity contribution in [2.45, 2.75) is 33.1 Å². The zero-order valence-electron chi connectivity index (χ0n) is 19.5. The van der Waals surface area contributed by atoms with Gasteiger partial charge in [0.05, 0.1) is 16.4 Å². The Balaban J connectivity index is 1.40. The lowest BCUT2D eigenvalue weighted by Crippen LogP contribution is -2.37. The summed E-state index contributed by atoms with van der Waals surface area (Å²) in [4.78, 5) is 13.8. The Kier molecular flexibility index (Phi) is 7.94. The lowest BCUT2D eigenvalue weighted by molar-refractivity contribution is -0.121. The van der Waals surface area contributed by atoms with E-state index in [2.05, 4.69) is 39.9 Å². The van der Waals surface area contributed by atoms with Crippen LogP contribution >= 0.6 is 23.8 Å². The van der Waals surface area contributed by atoms with Gasteiger partial charge in [-0.3, -0.25) is 10.1 Å². The first-order chi connectivity index (χ1) is 16.9. The number of halogens is 1. The highest BCUT2D eigenvalue weighted by Gasteiger charge is 2.12. The van der Waals surface area contributed by atoms with E-state index in [1.54, 1.807) is 16.9 Å². The number of carbonyl (C=O) groups excluding carboxylic acids is 1. The monoisotopic (exact) mass is 507 g/mol. The quantitative estimate of drug-likeness (QED) is 0.301. The van der Waals surface area contributed by atoms with Crippen LogP contribution in [-0.2, 0) is 11.2 Å². The summed E-state index contributed by atoms with van der Waals surface area (Å²) in [7, 11) is 0. The molecule has 180 valence electrons. The molecule has 0 spiro atoms. The van der Waals surface area contributed by atoms with Crippen molar-refractivity contribution in [3.63, 3.8) is 0 Å². The molecule has 1 amide bonds. The number of aryl methyl sites for hydroxylation is 2. The van der Waals surface area contributed by atoms with Gasteiger partial charge in [-0.25, -0.2) is 0 Å². The fraction of sp³-hybridized carbons (Fsp3) is 0.231. The van der Waals surface area contributed by atoms with Crippen molar-refractivity contribution in [3.05, 3.63) is 76.8 Å². The number of thiocarbonyl (C=S) groups is 1. The molecule has 3 aromatic carbocycles. The Hall–Kier alpha value is -3.49. The summed E-state index contributed by atoms with van der Waals surface area (Å²) in [6, 6.07) is 19.2. The van der Waals surface area contributed by atoms with Gasteiger partial charge >= 0.3 is 0 Å². The fourth-order valence-corrected chi connectivity index (χ4v) is 3.93. The van der Waals surface area contributed by atoms with Crippen LogP contribution in [0.5, 0.6) is 5.75 Å². The molecule has 1 aromatic heterocycles. The zero-order chi connectivity index (χ0) is 24.8. The van der Waals surface area contributed by atoms with Crippen LogP contribution in [0.25, 0.3) is 16.7 Å². The molecule has 1 heterocycles. The molecule has 0 aliphatic rings. The van der Waals surface area contributed by atoms with Crippen molar-refractivity contribution < 1.29 is 9.53 Å². The third kappa shape index (κ3) is 6.35. The molecule has 0 unspecified atom stereocenters. The van der Waals surface area contributed by atoms with Gasteiger partial charge in [0, 0.05) is 0 Å². The van der Waals surface area contributed by atoms with Crippen molar-refractivity contribution in [2.24, 2.45) is 0 Å². The SMILES string of the molecule is CCCCc1ccc(-n2nc3cc(Cl)c(NC(=S)NC(=O)COc4ccccc4C)cc3n2)cc1. The molecule has 9 heteroatoms. The Morgan fingerprint density at radius 2 is 1.80 bits per heavy atom. The van der Waals surface area contributed by atoms with E-state index in [-0.39, 0.29) is 17.6 Å². The molecule has 0 aliphatic heterocycles. The second-order valence-electron chi connectivity index (χ2n) is 8.14. The summed E-state index contributed by atoms with van der Waals surface area (Å²) >= 11 is 11.7. The number of hydrogen-bond acceptors (Lipinski definition) is 5. The number of hydrogen-bond donors (Lipinski definition) is 2. The van der Waals surface area contributed by atoms with Crippen molar-refractivity contribution >= 4 is 51.6 Å². The average Bonchev–Trinajstić information content (AvgIpc) is 3.25. The standard InChI is InChI=1S/C26H26ClN5O2S/c1-3-4-8-18-10-12-19(13-11-18)32-30-22-14-20(27)21(15-23(22)31-32)28-26(35)29-25(33)16-34-24-9-6-5-7-17(24)2/h5-7,9-15H,3-4,8,16H2,1-2H3,(H2,28,29,33,35). The van der Waals surface area contributed by atoms with Crippen molar-refractivity contribution in [2.75, 3.05) is 11.9 Å². The van der Waals surface area contributed by atoms with Crippen LogP contribution in [0.15, 0.2) is 60.7 Å². The van der Waals surface area contributed by atoms with Gasteiger partial charge in [0.1, 0.15) is 16.8 Å². The van der Waals surface area contributed by atoms with Gasteiger partial charge < -0.3 is 10.1 Å². The number of nitrogens with zero attached hydrogens (tertiary/aromatic N) is 3. The predicted molar refractivity (Wildman–Crippen MR) is 144 cm³/mol. The van der Waals surface area contributed by atoms with E-state index in [9.17, 15) is 4.79 Å². The number of nitrogens with one attached hydrogen (secondary N) is 2. The minimum Gasteiger partial charge on any atom is -0.483 e. The molecular weight excluding hydrogens is 482 g/mol. The third-order valence-electron chi connectivity index (χ3n) is 5.41. The number of anilines is 1. The maximum absolute atomic E-state index is 12.2. The van der Waals surface area contributed by atoms with Gasteiger partial charge in [-0.15, -0.1) is 10.2 Å². The predicted octanol–water partition coefficient (Wildman–Crippen LogP) is 5.62. The molecule has 4 aromatic rings. The number of carbonyl (C=O) groups is 1. The summed E-state index contributed by atoms with van der Waals surface area (Å²) in [5.41, 5.74) is 4.92. The minimum atomic E-state index is -0.378. The number of fused-ring (bicyclic) bond motifs is 1. The van der Waals surface area contributed by atoms with Crippen LogP contribution in [0, 0.1) is 6.92 Å². The summed E-state index contributed by atoms with van der Waals surface area (Å²) in [5, 5.41) is 15.2. The molecule has 0 bridgehead atoms. The highest BCUT2D eigenvalue weighted by molar-refractivity contribution is 7.80. The normalized spacial score (nSPS) is 10.8. The Labute approximate surface area is 214 Å². The van der Waals surface area contributed by atoms with Crippen LogP contribution < -0.4 is 15.4 Å². The second kappa shape index (κ2) is 11.3. The van der Waals surface area contributed by atoms with E-state index in [0.717, 1.165) is 17.7 Å². The molecule has 0 fully saturated rings. The number of rotatable bonds is 8. The molecule has 2 N–H and O–H groups in total. The van der Waals surface area contributed by atoms with Crippen LogP contribution in [0.1, 0.15) is 30.9 Å². The van der Waals surface area contributed by atoms with E-state index in [0.29, 0.717) is 27.5 Å². The largest absolute Gasteiger partial charge is 0.483 e. The summed E-state index contributed by atoms with van der Waals surface area (Å²) in [6.07, 6.45) is 3.39. The van der Waals surface area contributed by atoms with Gasteiger partial charge in [0.15, 0.2) is 11.7 Å². The molecule has 0 aliphatic carbocycles. The maximum Gasteiger partial charge on any atom is 0.264 e. The molecule has 4 rings (SSSR count). The molecule has 7 nitrogen and oxygen atoms in total. The topological polar surface area (TPSA) is 81.1 Å². The number of ether oxygens (including phenoxy) is 1. The zero-order valence-corrected chi connectivity index (χ0v) is 21.1. The van der Waals surface area contributed by atoms with Gasteiger partial charge in [-0.2, -0.15) is 4.80 Å². The van der Waals surface area contributed by atoms with Crippen LogP contribution in [0.4, 0.5) is 5.69 Å².